The lowest BCUT2D eigenvalue weighted by Gasteiger charge is -2.27. The van der Waals surface area contributed by atoms with Crippen LogP contribution in [0.25, 0.3) is 6.08 Å². The van der Waals surface area contributed by atoms with Gasteiger partial charge in [-0.15, -0.1) is 0 Å². The van der Waals surface area contributed by atoms with Gasteiger partial charge in [-0.05, 0) is 61.4 Å². The van der Waals surface area contributed by atoms with Gasteiger partial charge in [-0.3, -0.25) is 14.9 Å². The Labute approximate surface area is 212 Å². The molecular weight excluding hydrogens is 487 g/mol. The Bertz CT molecular complexity index is 1390. The first-order valence-electron chi connectivity index (χ1n) is 11.1. The number of nitrogens with one attached hydrogen (secondary N) is 1. The van der Waals surface area contributed by atoms with E-state index < -0.39 is 17.8 Å². The average Bonchev–Trinajstić information content (AvgIpc) is 2.85. The number of amides is 4. The van der Waals surface area contributed by atoms with E-state index in [1.54, 1.807) is 68.4 Å². The molecule has 7 nitrogen and oxygen atoms in total. The molecule has 4 amide bonds. The summed E-state index contributed by atoms with van der Waals surface area (Å²) in [4.78, 5) is 39.2. The number of halogens is 2. The van der Waals surface area contributed by atoms with E-state index in [0.717, 1.165) is 4.90 Å². The maximum Gasteiger partial charge on any atom is 0.335 e. The van der Waals surface area contributed by atoms with Gasteiger partial charge in [0.25, 0.3) is 11.8 Å². The van der Waals surface area contributed by atoms with Crippen molar-refractivity contribution < 1.29 is 28.2 Å². The van der Waals surface area contributed by atoms with Crippen molar-refractivity contribution in [2.24, 2.45) is 0 Å². The molecule has 0 atom stereocenters. The van der Waals surface area contributed by atoms with Crippen LogP contribution in [-0.2, 0) is 16.2 Å². The Kier molecular flexibility index (Phi) is 7.36. The van der Waals surface area contributed by atoms with E-state index >= 15 is 0 Å². The molecule has 1 saturated heterocycles. The first-order chi connectivity index (χ1) is 17.3. The van der Waals surface area contributed by atoms with Crippen LogP contribution in [0, 0.1) is 12.7 Å². The molecule has 0 unspecified atom stereocenters. The van der Waals surface area contributed by atoms with Crippen LogP contribution in [0.1, 0.15) is 23.6 Å². The molecule has 0 radical (unpaired) electrons. The van der Waals surface area contributed by atoms with Gasteiger partial charge in [-0.1, -0.05) is 41.9 Å². The number of imide groups is 2. The Morgan fingerprint density at radius 3 is 2.53 bits per heavy atom. The smallest absolute Gasteiger partial charge is 0.335 e. The van der Waals surface area contributed by atoms with Gasteiger partial charge in [-0.2, -0.15) is 0 Å². The van der Waals surface area contributed by atoms with Crippen LogP contribution in [0.5, 0.6) is 11.5 Å². The number of barbiturate groups is 1. The molecule has 0 aliphatic carbocycles. The second-order valence-electron chi connectivity index (χ2n) is 7.86. The molecule has 36 heavy (non-hydrogen) atoms. The van der Waals surface area contributed by atoms with E-state index in [2.05, 4.69) is 5.32 Å². The predicted octanol–water partition coefficient (Wildman–Crippen LogP) is 5.43. The largest absolute Gasteiger partial charge is 0.490 e. The predicted molar refractivity (Wildman–Crippen MR) is 134 cm³/mol. The molecule has 1 heterocycles. The molecule has 3 aromatic carbocycles. The Hall–Kier alpha value is -4.17. The lowest BCUT2D eigenvalue weighted by Crippen LogP contribution is -2.54. The van der Waals surface area contributed by atoms with Crippen LogP contribution in [0.15, 0.2) is 66.2 Å². The summed E-state index contributed by atoms with van der Waals surface area (Å²) in [7, 11) is 0. The van der Waals surface area contributed by atoms with Gasteiger partial charge < -0.3 is 9.47 Å². The minimum atomic E-state index is -0.862. The van der Waals surface area contributed by atoms with Crippen LogP contribution in [0.3, 0.4) is 0 Å². The highest BCUT2D eigenvalue weighted by Crippen LogP contribution is 2.32. The maximum atomic E-state index is 13.9. The Balaban J connectivity index is 1.64. The average molecular weight is 509 g/mol. The van der Waals surface area contributed by atoms with Crippen molar-refractivity contribution in [3.63, 3.8) is 0 Å². The molecule has 1 N–H and O–H groups in total. The molecular formula is C27H22ClFN2O5. The summed E-state index contributed by atoms with van der Waals surface area (Å²) >= 11 is 6.16. The SMILES string of the molecule is CCOc1cc(/C=C2\C(=O)NC(=O)N(c3cccc(Cl)c3C)C2=O)ccc1OCc1ccccc1F. The third kappa shape index (κ3) is 5.08. The van der Waals surface area contributed by atoms with Crippen LogP contribution in [-0.4, -0.2) is 24.5 Å². The number of urea groups is 1. The van der Waals surface area contributed by atoms with Gasteiger partial charge in [0.05, 0.1) is 12.3 Å². The summed E-state index contributed by atoms with van der Waals surface area (Å²) < 4.78 is 25.4. The van der Waals surface area contributed by atoms with Crippen molar-refractivity contribution in [3.05, 3.63) is 93.8 Å². The molecule has 0 bridgehead atoms. The summed E-state index contributed by atoms with van der Waals surface area (Å²) in [5.74, 6) is -1.27. The van der Waals surface area contributed by atoms with Crippen LogP contribution >= 0.6 is 11.6 Å². The van der Waals surface area contributed by atoms with Crippen LogP contribution in [0.2, 0.25) is 5.02 Å². The first kappa shape index (κ1) is 24.9. The number of hydrogen-bond acceptors (Lipinski definition) is 5. The minimum absolute atomic E-state index is 0.00979. The zero-order chi connectivity index (χ0) is 25.8. The van der Waals surface area contributed by atoms with Crippen molar-refractivity contribution in [2.75, 3.05) is 11.5 Å². The van der Waals surface area contributed by atoms with Crippen molar-refractivity contribution in [3.8, 4) is 11.5 Å². The molecule has 1 aliphatic rings. The van der Waals surface area contributed by atoms with E-state index in [4.69, 9.17) is 21.1 Å². The second-order valence-corrected chi connectivity index (χ2v) is 8.27. The first-order valence-corrected chi connectivity index (χ1v) is 11.5. The Morgan fingerprint density at radius 2 is 1.78 bits per heavy atom. The second kappa shape index (κ2) is 10.6. The quantitative estimate of drug-likeness (QED) is 0.340. The molecule has 1 fully saturated rings. The summed E-state index contributed by atoms with van der Waals surface area (Å²) in [6.07, 6.45) is 1.36. The van der Waals surface area contributed by atoms with E-state index in [1.165, 1.54) is 12.1 Å². The van der Waals surface area contributed by atoms with Crippen molar-refractivity contribution in [1.29, 1.82) is 0 Å². The third-order valence-corrected chi connectivity index (χ3v) is 5.91. The molecule has 0 spiro atoms. The minimum Gasteiger partial charge on any atom is -0.490 e. The standard InChI is InChI=1S/C27H22ClFN2O5/c1-3-35-24-14-17(11-12-23(24)36-15-18-7-4-5-9-21(18)29)13-19-25(32)30-27(34)31(26(19)33)22-10-6-8-20(28)16(22)2/h4-14H,3,15H2,1-2H3,(H,30,32,34)/b19-13+. The zero-order valence-corrected chi connectivity index (χ0v) is 20.3. The number of rotatable bonds is 7. The van der Waals surface area contributed by atoms with Crippen LogP contribution < -0.4 is 19.7 Å². The van der Waals surface area contributed by atoms with Gasteiger partial charge in [0.2, 0.25) is 0 Å². The number of anilines is 1. The van der Waals surface area contributed by atoms with E-state index in [-0.39, 0.29) is 23.7 Å². The molecule has 3 aromatic rings. The summed E-state index contributed by atoms with van der Waals surface area (Å²) in [5.41, 5.74) is 1.40. The highest BCUT2D eigenvalue weighted by molar-refractivity contribution is 6.39. The highest BCUT2D eigenvalue weighted by atomic mass is 35.5. The van der Waals surface area contributed by atoms with E-state index in [9.17, 15) is 18.8 Å². The molecule has 4 rings (SSSR count). The normalized spacial score (nSPS) is 14.7. The van der Waals surface area contributed by atoms with Gasteiger partial charge >= 0.3 is 6.03 Å². The number of carbonyl (C=O) groups excluding carboxylic acids is 3. The fourth-order valence-electron chi connectivity index (χ4n) is 3.65. The number of hydrogen-bond donors (Lipinski definition) is 1. The highest BCUT2D eigenvalue weighted by Gasteiger charge is 2.37. The Morgan fingerprint density at radius 1 is 1.00 bits per heavy atom. The topological polar surface area (TPSA) is 84.9 Å². The van der Waals surface area contributed by atoms with Crippen LogP contribution in [0.4, 0.5) is 14.9 Å². The number of nitrogens with zero attached hydrogens (tertiary/aromatic N) is 1. The summed E-state index contributed by atoms with van der Waals surface area (Å²) in [6, 6.07) is 15.1. The van der Waals surface area contributed by atoms with E-state index in [1.807, 2.05) is 0 Å². The molecule has 0 saturated carbocycles. The fraction of sp³-hybridized carbons (Fsp3) is 0.148. The molecule has 0 aromatic heterocycles. The fourth-order valence-corrected chi connectivity index (χ4v) is 3.82. The monoisotopic (exact) mass is 508 g/mol. The van der Waals surface area contributed by atoms with Crippen molar-refractivity contribution in [2.45, 2.75) is 20.5 Å². The van der Waals surface area contributed by atoms with Gasteiger partial charge in [0.15, 0.2) is 11.5 Å². The van der Waals surface area contributed by atoms with E-state index in [0.29, 0.717) is 39.8 Å². The summed E-state index contributed by atoms with van der Waals surface area (Å²) in [5, 5.41) is 2.57. The zero-order valence-electron chi connectivity index (χ0n) is 19.5. The lowest BCUT2D eigenvalue weighted by molar-refractivity contribution is -0.122. The molecule has 184 valence electrons. The van der Waals surface area contributed by atoms with Crippen molar-refractivity contribution in [1.82, 2.24) is 5.32 Å². The number of carbonyl (C=O) groups is 3. The van der Waals surface area contributed by atoms with Gasteiger partial charge in [-0.25, -0.2) is 14.1 Å². The molecule has 1 aliphatic heterocycles. The van der Waals surface area contributed by atoms with Gasteiger partial charge in [0, 0.05) is 10.6 Å². The lowest BCUT2D eigenvalue weighted by atomic mass is 10.1. The number of benzene rings is 3. The maximum absolute atomic E-state index is 13.9. The van der Waals surface area contributed by atoms with Crippen molar-refractivity contribution >= 4 is 41.2 Å². The molecule has 9 heteroatoms. The third-order valence-electron chi connectivity index (χ3n) is 5.50. The number of ether oxygens (including phenoxy) is 2. The summed E-state index contributed by atoms with van der Waals surface area (Å²) in [6.45, 7) is 3.78. The van der Waals surface area contributed by atoms with Gasteiger partial charge in [0.1, 0.15) is 18.0 Å².